The Kier molecular flexibility index (Phi) is 7.95. The van der Waals surface area contributed by atoms with Crippen LogP contribution in [0.3, 0.4) is 0 Å². The van der Waals surface area contributed by atoms with Crippen LogP contribution in [0, 0.1) is 0 Å². The number of nitrogens with one attached hydrogen (secondary N) is 2. The number of para-hydroxylation sites is 1. The monoisotopic (exact) mass is 419 g/mol. The van der Waals surface area contributed by atoms with Crippen LogP contribution in [0.15, 0.2) is 29.3 Å². The molecule has 0 unspecified atom stereocenters. The average Bonchev–Trinajstić information content (AvgIpc) is 2.48. The first-order valence-corrected chi connectivity index (χ1v) is 7.53. The normalized spacial score (nSPS) is 16.2. The maximum absolute atomic E-state index is 10.1. The minimum Gasteiger partial charge on any atom is -0.496 e. The van der Waals surface area contributed by atoms with Crippen molar-refractivity contribution in [2.45, 2.75) is 38.3 Å². The Morgan fingerprint density at radius 1 is 1.32 bits per heavy atom. The lowest BCUT2D eigenvalue weighted by Crippen LogP contribution is -2.50. The van der Waals surface area contributed by atoms with Gasteiger partial charge in [0, 0.05) is 18.7 Å². The molecule has 0 spiro atoms. The molecule has 0 atom stereocenters. The van der Waals surface area contributed by atoms with E-state index in [0.29, 0.717) is 13.1 Å². The van der Waals surface area contributed by atoms with Gasteiger partial charge in [0.25, 0.3) is 0 Å². The van der Waals surface area contributed by atoms with Crippen LogP contribution < -0.4 is 15.4 Å². The van der Waals surface area contributed by atoms with Crippen LogP contribution >= 0.6 is 24.0 Å². The van der Waals surface area contributed by atoms with Crippen molar-refractivity contribution in [3.8, 4) is 5.75 Å². The van der Waals surface area contributed by atoms with Gasteiger partial charge >= 0.3 is 0 Å². The van der Waals surface area contributed by atoms with Crippen molar-refractivity contribution in [3.05, 3.63) is 29.8 Å². The standard InChI is InChI=1S/C16H25N3O2.HI/c1-3-17-15(19-12-16(20)9-6-10-16)18-11-13-7-4-5-8-14(13)21-2;/h4-5,7-8,20H,3,6,9-12H2,1-2H3,(H2,17,18,19);1H. The first kappa shape index (κ1) is 19.0. The Morgan fingerprint density at radius 2 is 2.05 bits per heavy atom. The molecule has 124 valence electrons. The van der Waals surface area contributed by atoms with Gasteiger partial charge in [-0.3, -0.25) is 0 Å². The van der Waals surface area contributed by atoms with Gasteiger partial charge in [-0.1, -0.05) is 18.2 Å². The fourth-order valence-corrected chi connectivity index (χ4v) is 2.35. The van der Waals surface area contributed by atoms with E-state index in [1.54, 1.807) is 7.11 Å². The molecule has 0 aromatic heterocycles. The lowest BCUT2D eigenvalue weighted by atomic mass is 9.80. The van der Waals surface area contributed by atoms with Gasteiger partial charge in [-0.25, -0.2) is 4.99 Å². The maximum Gasteiger partial charge on any atom is 0.191 e. The zero-order valence-corrected chi connectivity index (χ0v) is 15.6. The molecule has 2 rings (SSSR count). The van der Waals surface area contributed by atoms with E-state index in [1.165, 1.54) is 0 Å². The molecule has 1 aliphatic rings. The molecular formula is C16H26IN3O2. The van der Waals surface area contributed by atoms with E-state index in [0.717, 1.165) is 43.1 Å². The lowest BCUT2D eigenvalue weighted by molar-refractivity contribution is -0.0279. The molecule has 0 heterocycles. The molecule has 0 saturated heterocycles. The fraction of sp³-hybridized carbons (Fsp3) is 0.562. The summed E-state index contributed by atoms with van der Waals surface area (Å²) in [4.78, 5) is 4.56. The summed E-state index contributed by atoms with van der Waals surface area (Å²) in [7, 11) is 1.66. The molecule has 0 aliphatic heterocycles. The second-order valence-electron chi connectivity index (χ2n) is 5.44. The molecule has 1 aromatic rings. The lowest BCUT2D eigenvalue weighted by Gasteiger charge is -2.37. The number of hydrogen-bond donors (Lipinski definition) is 3. The zero-order valence-electron chi connectivity index (χ0n) is 13.3. The quantitative estimate of drug-likeness (QED) is 0.376. The van der Waals surface area contributed by atoms with E-state index < -0.39 is 5.60 Å². The summed E-state index contributed by atoms with van der Waals surface area (Å²) >= 11 is 0. The number of rotatable bonds is 6. The number of halogens is 1. The predicted molar refractivity (Wildman–Crippen MR) is 100 cm³/mol. The molecule has 6 heteroatoms. The highest BCUT2D eigenvalue weighted by Crippen LogP contribution is 2.30. The number of aliphatic hydroxyl groups is 1. The Balaban J connectivity index is 0.00000242. The van der Waals surface area contributed by atoms with E-state index in [1.807, 2.05) is 31.2 Å². The topological polar surface area (TPSA) is 65.9 Å². The zero-order chi connectivity index (χ0) is 15.1. The van der Waals surface area contributed by atoms with Crippen molar-refractivity contribution in [3.63, 3.8) is 0 Å². The molecule has 1 aliphatic carbocycles. The van der Waals surface area contributed by atoms with Crippen molar-refractivity contribution < 1.29 is 9.84 Å². The predicted octanol–water partition coefficient (Wildman–Crippen LogP) is 2.28. The Hall–Kier alpha value is -1.02. The molecule has 0 amide bonds. The van der Waals surface area contributed by atoms with E-state index in [4.69, 9.17) is 4.74 Å². The summed E-state index contributed by atoms with van der Waals surface area (Å²) in [6.45, 7) is 3.90. The number of nitrogens with zero attached hydrogens (tertiary/aromatic N) is 1. The molecule has 0 bridgehead atoms. The second kappa shape index (κ2) is 9.19. The molecule has 1 saturated carbocycles. The van der Waals surface area contributed by atoms with Crippen LogP contribution in [0.25, 0.3) is 0 Å². The summed E-state index contributed by atoms with van der Waals surface area (Å²) in [5.74, 6) is 1.57. The number of benzene rings is 1. The maximum atomic E-state index is 10.1. The fourth-order valence-electron chi connectivity index (χ4n) is 2.35. The summed E-state index contributed by atoms with van der Waals surface area (Å²) in [6.07, 6.45) is 2.84. The second-order valence-corrected chi connectivity index (χ2v) is 5.44. The van der Waals surface area contributed by atoms with Gasteiger partial charge in [-0.15, -0.1) is 24.0 Å². The number of guanidine groups is 1. The first-order chi connectivity index (χ1) is 10.2. The van der Waals surface area contributed by atoms with E-state index in [2.05, 4.69) is 15.6 Å². The van der Waals surface area contributed by atoms with Gasteiger partial charge in [0.05, 0.1) is 19.3 Å². The molecule has 1 fully saturated rings. The summed E-state index contributed by atoms with van der Waals surface area (Å²) in [5.41, 5.74) is 0.486. The van der Waals surface area contributed by atoms with Crippen molar-refractivity contribution in [2.24, 2.45) is 4.99 Å². The Labute approximate surface area is 149 Å². The van der Waals surface area contributed by atoms with Gasteiger partial charge in [-0.05, 0) is 32.3 Å². The van der Waals surface area contributed by atoms with Crippen molar-refractivity contribution in [1.29, 1.82) is 0 Å². The highest BCUT2D eigenvalue weighted by molar-refractivity contribution is 14.0. The van der Waals surface area contributed by atoms with Gasteiger partial charge in [0.1, 0.15) is 5.75 Å². The average molecular weight is 419 g/mol. The van der Waals surface area contributed by atoms with Crippen molar-refractivity contribution in [2.75, 3.05) is 20.2 Å². The smallest absolute Gasteiger partial charge is 0.191 e. The van der Waals surface area contributed by atoms with Crippen LogP contribution in [0.4, 0.5) is 0 Å². The molecular weight excluding hydrogens is 393 g/mol. The third kappa shape index (κ3) is 5.31. The van der Waals surface area contributed by atoms with Crippen LogP contribution in [0.2, 0.25) is 0 Å². The first-order valence-electron chi connectivity index (χ1n) is 7.53. The van der Waals surface area contributed by atoms with E-state index in [9.17, 15) is 5.11 Å². The molecule has 22 heavy (non-hydrogen) atoms. The van der Waals surface area contributed by atoms with Crippen molar-refractivity contribution >= 4 is 29.9 Å². The molecule has 1 aromatic carbocycles. The highest BCUT2D eigenvalue weighted by Gasteiger charge is 2.34. The molecule has 5 nitrogen and oxygen atoms in total. The number of hydrogen-bond acceptors (Lipinski definition) is 3. The van der Waals surface area contributed by atoms with E-state index in [-0.39, 0.29) is 24.0 Å². The van der Waals surface area contributed by atoms with Crippen LogP contribution in [0.1, 0.15) is 31.7 Å². The molecule has 0 radical (unpaired) electrons. The molecule has 3 N–H and O–H groups in total. The minimum atomic E-state index is -0.555. The summed E-state index contributed by atoms with van der Waals surface area (Å²) in [5, 5.41) is 16.5. The Bertz CT molecular complexity index is 490. The minimum absolute atomic E-state index is 0. The van der Waals surface area contributed by atoms with Crippen LogP contribution in [0.5, 0.6) is 5.75 Å². The van der Waals surface area contributed by atoms with Gasteiger partial charge in [0.2, 0.25) is 0 Å². The van der Waals surface area contributed by atoms with Gasteiger partial charge in [0.15, 0.2) is 5.96 Å². The number of ether oxygens (including phenoxy) is 1. The van der Waals surface area contributed by atoms with E-state index >= 15 is 0 Å². The van der Waals surface area contributed by atoms with Crippen LogP contribution in [-0.4, -0.2) is 36.9 Å². The van der Waals surface area contributed by atoms with Gasteiger partial charge < -0.3 is 20.5 Å². The summed E-state index contributed by atoms with van der Waals surface area (Å²) in [6, 6.07) is 7.86. The number of aliphatic imine (C=N–C) groups is 1. The van der Waals surface area contributed by atoms with Crippen molar-refractivity contribution in [1.82, 2.24) is 10.6 Å². The highest BCUT2D eigenvalue weighted by atomic mass is 127. The largest absolute Gasteiger partial charge is 0.496 e. The SMILES string of the molecule is CCNC(=NCc1ccccc1OC)NCC1(O)CCC1.I. The summed E-state index contributed by atoms with van der Waals surface area (Å²) < 4.78 is 5.33. The van der Waals surface area contributed by atoms with Crippen LogP contribution in [-0.2, 0) is 6.54 Å². The third-order valence-corrected chi connectivity index (χ3v) is 3.81. The Morgan fingerprint density at radius 3 is 2.64 bits per heavy atom. The third-order valence-electron chi connectivity index (χ3n) is 3.81. The number of methoxy groups -OCH3 is 1. The van der Waals surface area contributed by atoms with Gasteiger partial charge in [-0.2, -0.15) is 0 Å².